The van der Waals surface area contributed by atoms with Crippen LogP contribution in [0.15, 0.2) is 54.6 Å². The second-order valence-corrected chi connectivity index (χ2v) is 5.99. The van der Waals surface area contributed by atoms with Gasteiger partial charge in [0.1, 0.15) is 0 Å². The van der Waals surface area contributed by atoms with Crippen molar-refractivity contribution < 1.29 is 14.3 Å². The number of benzene rings is 2. The van der Waals surface area contributed by atoms with Crippen LogP contribution in [0.5, 0.6) is 0 Å². The fourth-order valence-electron chi connectivity index (χ4n) is 2.54. The number of rotatable bonds is 7. The van der Waals surface area contributed by atoms with Crippen molar-refractivity contribution >= 4 is 17.6 Å². The first kappa shape index (κ1) is 18.5. The van der Waals surface area contributed by atoms with Gasteiger partial charge in [-0.15, -0.1) is 0 Å². The molecule has 0 aliphatic carbocycles. The normalized spacial score (nSPS) is 10.4. The maximum atomic E-state index is 12.7. The number of nitrogens with zero attached hydrogens (tertiary/aromatic N) is 1. The Balaban J connectivity index is 2.06. The highest BCUT2D eigenvalue weighted by Crippen LogP contribution is 2.16. The zero-order valence-electron chi connectivity index (χ0n) is 14.9. The van der Waals surface area contributed by atoms with Crippen molar-refractivity contribution in [2.45, 2.75) is 26.4 Å². The van der Waals surface area contributed by atoms with Crippen molar-refractivity contribution in [3.63, 3.8) is 0 Å². The van der Waals surface area contributed by atoms with Crippen molar-refractivity contribution in [2.75, 3.05) is 19.0 Å². The molecule has 25 heavy (non-hydrogen) atoms. The van der Waals surface area contributed by atoms with E-state index in [4.69, 9.17) is 4.74 Å². The highest BCUT2D eigenvalue weighted by molar-refractivity contribution is 5.96. The van der Waals surface area contributed by atoms with E-state index in [1.807, 2.05) is 55.1 Å². The van der Waals surface area contributed by atoms with Crippen molar-refractivity contribution in [1.82, 2.24) is 4.90 Å². The maximum Gasteiger partial charge on any atom is 0.339 e. The Hall–Kier alpha value is -2.82. The lowest BCUT2D eigenvalue weighted by molar-refractivity contribution is -0.131. The Bertz CT molecular complexity index is 714. The second kappa shape index (κ2) is 8.87. The highest BCUT2D eigenvalue weighted by Gasteiger charge is 2.18. The van der Waals surface area contributed by atoms with Gasteiger partial charge in [0.25, 0.3) is 0 Å². The van der Waals surface area contributed by atoms with Gasteiger partial charge in [0.05, 0.1) is 19.2 Å². The number of ether oxygens (including phenoxy) is 1. The lowest BCUT2D eigenvalue weighted by Gasteiger charge is -2.27. The summed E-state index contributed by atoms with van der Waals surface area (Å²) in [5.74, 6) is -0.459. The standard InChI is InChI=1S/C20H24N2O3/c1-15(2)22(14-16-9-5-4-6-10-16)19(23)13-21-18-12-8-7-11-17(18)20(24)25-3/h4-12,15,21H,13-14H2,1-3H3. The molecule has 0 aromatic heterocycles. The molecule has 0 bridgehead atoms. The van der Waals surface area contributed by atoms with Gasteiger partial charge in [-0.3, -0.25) is 4.79 Å². The minimum Gasteiger partial charge on any atom is -0.465 e. The number of esters is 1. The lowest BCUT2D eigenvalue weighted by Crippen LogP contribution is -2.40. The molecule has 0 radical (unpaired) electrons. The van der Waals surface area contributed by atoms with E-state index >= 15 is 0 Å². The molecule has 2 aromatic rings. The quantitative estimate of drug-likeness (QED) is 0.786. The molecule has 1 N–H and O–H groups in total. The molecule has 0 atom stereocenters. The Morgan fingerprint density at radius 2 is 1.68 bits per heavy atom. The molecular formula is C20H24N2O3. The van der Waals surface area contributed by atoms with Crippen molar-refractivity contribution in [3.05, 3.63) is 65.7 Å². The monoisotopic (exact) mass is 340 g/mol. The van der Waals surface area contributed by atoms with Crippen LogP contribution < -0.4 is 5.32 Å². The summed E-state index contributed by atoms with van der Waals surface area (Å²) in [6.07, 6.45) is 0. The molecule has 1 amide bonds. The summed E-state index contributed by atoms with van der Waals surface area (Å²) in [5, 5.41) is 3.06. The van der Waals surface area contributed by atoms with Gasteiger partial charge in [-0.1, -0.05) is 42.5 Å². The Kier molecular flexibility index (Phi) is 6.57. The average molecular weight is 340 g/mol. The predicted molar refractivity (Wildman–Crippen MR) is 98.4 cm³/mol. The van der Waals surface area contributed by atoms with Gasteiger partial charge in [0.15, 0.2) is 0 Å². The number of hydrogen-bond donors (Lipinski definition) is 1. The first-order valence-corrected chi connectivity index (χ1v) is 8.27. The van der Waals surface area contributed by atoms with Gasteiger partial charge in [-0.2, -0.15) is 0 Å². The smallest absolute Gasteiger partial charge is 0.339 e. The third kappa shape index (κ3) is 5.08. The van der Waals surface area contributed by atoms with E-state index in [1.54, 1.807) is 18.2 Å². The molecule has 0 saturated heterocycles. The third-order valence-electron chi connectivity index (χ3n) is 3.90. The predicted octanol–water partition coefficient (Wildman–Crippen LogP) is 3.32. The molecule has 2 aromatic carbocycles. The van der Waals surface area contributed by atoms with Crippen LogP contribution in [0.25, 0.3) is 0 Å². The SMILES string of the molecule is COC(=O)c1ccccc1NCC(=O)N(Cc1ccccc1)C(C)C. The molecule has 0 saturated carbocycles. The summed E-state index contributed by atoms with van der Waals surface area (Å²) in [7, 11) is 1.34. The Labute approximate surface area is 148 Å². The van der Waals surface area contributed by atoms with Gasteiger partial charge in [0, 0.05) is 18.3 Å². The van der Waals surface area contributed by atoms with Crippen molar-refractivity contribution in [1.29, 1.82) is 0 Å². The fraction of sp³-hybridized carbons (Fsp3) is 0.300. The molecule has 0 heterocycles. The molecule has 2 rings (SSSR count). The zero-order chi connectivity index (χ0) is 18.2. The van der Waals surface area contributed by atoms with Crippen LogP contribution in [-0.2, 0) is 16.1 Å². The number of anilines is 1. The summed E-state index contributed by atoms with van der Waals surface area (Å²) in [6, 6.07) is 17.0. The number of carbonyl (C=O) groups is 2. The summed E-state index contributed by atoms with van der Waals surface area (Å²) in [5.41, 5.74) is 2.09. The molecular weight excluding hydrogens is 316 g/mol. The van der Waals surface area contributed by atoms with E-state index in [-0.39, 0.29) is 18.5 Å². The van der Waals surface area contributed by atoms with Gasteiger partial charge < -0.3 is 15.0 Å². The molecule has 132 valence electrons. The van der Waals surface area contributed by atoms with Crippen molar-refractivity contribution in [2.24, 2.45) is 0 Å². The molecule has 0 aliphatic rings. The number of hydrogen-bond acceptors (Lipinski definition) is 4. The van der Waals surface area contributed by atoms with Crippen LogP contribution in [0, 0.1) is 0 Å². The molecule has 5 nitrogen and oxygen atoms in total. The number of nitrogens with one attached hydrogen (secondary N) is 1. The number of methoxy groups -OCH3 is 1. The fourth-order valence-corrected chi connectivity index (χ4v) is 2.54. The van der Waals surface area contributed by atoms with Crippen LogP contribution in [0.1, 0.15) is 29.8 Å². The minimum atomic E-state index is -0.430. The van der Waals surface area contributed by atoms with Gasteiger partial charge in [-0.25, -0.2) is 4.79 Å². The lowest BCUT2D eigenvalue weighted by atomic mass is 10.1. The van der Waals surface area contributed by atoms with Crippen LogP contribution in [0.3, 0.4) is 0 Å². The van der Waals surface area contributed by atoms with E-state index in [0.29, 0.717) is 17.8 Å². The summed E-state index contributed by atoms with van der Waals surface area (Å²) in [4.78, 5) is 26.3. The topological polar surface area (TPSA) is 58.6 Å². The van der Waals surface area contributed by atoms with Gasteiger partial charge >= 0.3 is 5.97 Å². The summed E-state index contributed by atoms with van der Waals surface area (Å²) < 4.78 is 4.77. The molecule has 0 fully saturated rings. The van der Waals surface area contributed by atoms with E-state index in [0.717, 1.165) is 5.56 Å². The molecule has 0 spiro atoms. The maximum absolute atomic E-state index is 12.7. The Morgan fingerprint density at radius 1 is 1.04 bits per heavy atom. The third-order valence-corrected chi connectivity index (χ3v) is 3.90. The first-order valence-electron chi connectivity index (χ1n) is 8.27. The minimum absolute atomic E-state index is 0.0291. The molecule has 0 unspecified atom stereocenters. The highest BCUT2D eigenvalue weighted by atomic mass is 16.5. The molecule has 5 heteroatoms. The van der Waals surface area contributed by atoms with Crippen LogP contribution in [0.2, 0.25) is 0 Å². The van der Waals surface area contributed by atoms with Gasteiger partial charge in [0.2, 0.25) is 5.91 Å². The zero-order valence-corrected chi connectivity index (χ0v) is 14.9. The van der Waals surface area contributed by atoms with Crippen LogP contribution in [0.4, 0.5) is 5.69 Å². The van der Waals surface area contributed by atoms with Crippen molar-refractivity contribution in [3.8, 4) is 0 Å². The summed E-state index contributed by atoms with van der Waals surface area (Å²) >= 11 is 0. The van der Waals surface area contributed by atoms with Crippen LogP contribution >= 0.6 is 0 Å². The number of para-hydroxylation sites is 1. The van der Waals surface area contributed by atoms with E-state index < -0.39 is 5.97 Å². The Morgan fingerprint density at radius 3 is 2.32 bits per heavy atom. The van der Waals surface area contributed by atoms with Crippen LogP contribution in [-0.4, -0.2) is 36.5 Å². The number of amides is 1. The average Bonchev–Trinajstić information content (AvgIpc) is 2.64. The van der Waals surface area contributed by atoms with E-state index in [9.17, 15) is 9.59 Å². The van der Waals surface area contributed by atoms with E-state index in [2.05, 4.69) is 5.32 Å². The second-order valence-electron chi connectivity index (χ2n) is 5.99. The first-order chi connectivity index (χ1) is 12.0. The van der Waals surface area contributed by atoms with E-state index in [1.165, 1.54) is 7.11 Å². The summed E-state index contributed by atoms with van der Waals surface area (Å²) in [6.45, 7) is 4.64. The molecule has 0 aliphatic heterocycles. The van der Waals surface area contributed by atoms with Gasteiger partial charge in [-0.05, 0) is 31.5 Å². The number of carbonyl (C=O) groups excluding carboxylic acids is 2. The largest absolute Gasteiger partial charge is 0.465 e.